The maximum Gasteiger partial charge on any atom is 0.139 e. The van der Waals surface area contributed by atoms with Crippen molar-refractivity contribution in [1.82, 2.24) is 5.32 Å². The van der Waals surface area contributed by atoms with Crippen molar-refractivity contribution in [3.8, 4) is 0 Å². The Balaban J connectivity index is 1.69. The van der Waals surface area contributed by atoms with Crippen LogP contribution in [-0.2, 0) is 0 Å². The van der Waals surface area contributed by atoms with Crippen molar-refractivity contribution in [2.45, 2.75) is 44.1 Å². The van der Waals surface area contributed by atoms with Crippen LogP contribution in [-0.4, -0.2) is 34.8 Å². The van der Waals surface area contributed by atoms with E-state index in [9.17, 15) is 5.11 Å². The monoisotopic (exact) mass is 227 g/mol. The number of nitrogens with one attached hydrogen (secondary N) is 1. The molecule has 2 aliphatic carbocycles. The summed E-state index contributed by atoms with van der Waals surface area (Å²) in [5.41, 5.74) is 5.23. The van der Waals surface area contributed by atoms with Crippen LogP contribution < -0.4 is 11.1 Å². The quantitative estimate of drug-likeness (QED) is 0.229. The fourth-order valence-corrected chi connectivity index (χ4v) is 2.33. The van der Waals surface area contributed by atoms with Crippen LogP contribution in [0.3, 0.4) is 0 Å². The van der Waals surface area contributed by atoms with Gasteiger partial charge in [0.05, 0.1) is 5.60 Å². The molecule has 0 heterocycles. The van der Waals surface area contributed by atoms with Crippen LogP contribution in [0.1, 0.15) is 38.5 Å². The van der Waals surface area contributed by atoms with Gasteiger partial charge in [0.25, 0.3) is 0 Å². The molecule has 0 amide bonds. The molecule has 92 valence electrons. The summed E-state index contributed by atoms with van der Waals surface area (Å²) in [5, 5.41) is 24.8. The summed E-state index contributed by atoms with van der Waals surface area (Å²) in [7, 11) is 0. The molecule has 0 aliphatic heterocycles. The lowest BCUT2D eigenvalue weighted by molar-refractivity contribution is -0.0318. The highest BCUT2D eigenvalue weighted by Gasteiger charge is 2.43. The molecule has 0 aromatic rings. The van der Waals surface area contributed by atoms with Gasteiger partial charge in [-0.25, -0.2) is 0 Å². The number of amidine groups is 1. The van der Waals surface area contributed by atoms with Crippen molar-refractivity contribution in [2.24, 2.45) is 16.3 Å². The Morgan fingerprint density at radius 2 is 1.94 bits per heavy atom. The topological polar surface area (TPSA) is 90.9 Å². The maximum atomic E-state index is 9.90. The molecule has 0 spiro atoms. The number of hydrogen-bond donors (Lipinski definition) is 4. The minimum Gasteiger partial charge on any atom is -0.409 e. The molecule has 16 heavy (non-hydrogen) atoms. The highest BCUT2D eigenvalue weighted by molar-refractivity contribution is 5.80. The zero-order valence-corrected chi connectivity index (χ0v) is 9.58. The molecule has 0 aromatic carbocycles. The van der Waals surface area contributed by atoms with Gasteiger partial charge in [-0.15, -0.1) is 0 Å². The molecule has 2 saturated carbocycles. The Morgan fingerprint density at radius 3 is 2.38 bits per heavy atom. The van der Waals surface area contributed by atoms with Crippen molar-refractivity contribution in [3.63, 3.8) is 0 Å². The molecule has 0 bridgehead atoms. The summed E-state index contributed by atoms with van der Waals surface area (Å²) >= 11 is 0. The van der Waals surface area contributed by atoms with Gasteiger partial charge < -0.3 is 21.4 Å². The average Bonchev–Trinajstić information content (AvgIpc) is 2.95. The van der Waals surface area contributed by atoms with Gasteiger partial charge in [0.15, 0.2) is 0 Å². The largest absolute Gasteiger partial charge is 0.409 e. The summed E-state index contributed by atoms with van der Waals surface area (Å²) in [6.45, 7) is 1.52. The minimum atomic E-state index is -0.466. The number of hydrogen-bond acceptors (Lipinski definition) is 4. The highest BCUT2D eigenvalue weighted by Crippen LogP contribution is 2.48. The van der Waals surface area contributed by atoms with Crippen LogP contribution in [0, 0.1) is 5.41 Å². The van der Waals surface area contributed by atoms with Gasteiger partial charge in [0.1, 0.15) is 5.84 Å². The van der Waals surface area contributed by atoms with E-state index in [4.69, 9.17) is 10.9 Å². The zero-order valence-electron chi connectivity index (χ0n) is 9.58. The standard InChI is InChI=1S/C11H21N3O2/c12-9(14-16)6-10(4-5-10)7-13-8-11(15)2-1-3-11/h13,15-16H,1-8H2,(H2,12,14). The number of nitrogens with two attached hydrogens (primary N) is 1. The maximum absolute atomic E-state index is 9.90. The van der Waals surface area contributed by atoms with Crippen LogP contribution in [0.2, 0.25) is 0 Å². The SMILES string of the molecule is NC(CC1(CNCC2(O)CCC2)CC1)=NO. The van der Waals surface area contributed by atoms with Gasteiger partial charge in [-0.2, -0.15) is 0 Å². The number of aliphatic hydroxyl groups is 1. The Labute approximate surface area is 95.7 Å². The third-order valence-corrected chi connectivity index (χ3v) is 3.88. The predicted molar refractivity (Wildman–Crippen MR) is 61.4 cm³/mol. The molecule has 0 atom stereocenters. The third-order valence-electron chi connectivity index (χ3n) is 3.88. The summed E-state index contributed by atoms with van der Waals surface area (Å²) in [6, 6.07) is 0. The first-order valence-corrected chi connectivity index (χ1v) is 5.97. The van der Waals surface area contributed by atoms with E-state index in [2.05, 4.69) is 10.5 Å². The molecule has 5 nitrogen and oxygen atoms in total. The van der Waals surface area contributed by atoms with E-state index in [1.807, 2.05) is 0 Å². The first-order valence-electron chi connectivity index (χ1n) is 5.97. The number of oxime groups is 1. The second-order valence-electron chi connectivity index (χ2n) is 5.45. The van der Waals surface area contributed by atoms with Crippen LogP contribution in [0.4, 0.5) is 0 Å². The van der Waals surface area contributed by atoms with Crippen molar-refractivity contribution < 1.29 is 10.3 Å². The summed E-state index contributed by atoms with van der Waals surface area (Å²) in [5.74, 6) is 0.307. The molecule has 2 rings (SSSR count). The van der Waals surface area contributed by atoms with Crippen LogP contribution >= 0.6 is 0 Å². The van der Waals surface area contributed by atoms with E-state index >= 15 is 0 Å². The van der Waals surface area contributed by atoms with Gasteiger partial charge in [-0.1, -0.05) is 5.16 Å². The molecule has 0 aromatic heterocycles. The smallest absolute Gasteiger partial charge is 0.139 e. The summed E-state index contributed by atoms with van der Waals surface area (Å²) in [6.07, 6.45) is 5.84. The second-order valence-corrected chi connectivity index (χ2v) is 5.45. The third kappa shape index (κ3) is 2.65. The van der Waals surface area contributed by atoms with Crippen molar-refractivity contribution >= 4 is 5.84 Å². The Kier molecular flexibility index (Phi) is 3.08. The molecule has 0 saturated heterocycles. The van der Waals surface area contributed by atoms with E-state index in [1.54, 1.807) is 0 Å². The first kappa shape index (κ1) is 11.7. The lowest BCUT2D eigenvalue weighted by Gasteiger charge is -2.37. The molecule has 2 aliphatic rings. The zero-order chi connectivity index (χ0) is 11.6. The van der Waals surface area contributed by atoms with E-state index in [1.165, 1.54) is 0 Å². The fraction of sp³-hybridized carbons (Fsp3) is 0.909. The van der Waals surface area contributed by atoms with Gasteiger partial charge in [0, 0.05) is 19.5 Å². The van der Waals surface area contributed by atoms with E-state index in [-0.39, 0.29) is 5.41 Å². The van der Waals surface area contributed by atoms with Crippen molar-refractivity contribution in [3.05, 3.63) is 0 Å². The molecule has 5 N–H and O–H groups in total. The molecular formula is C11H21N3O2. The Bertz CT molecular complexity index is 283. The second kappa shape index (κ2) is 4.22. The van der Waals surface area contributed by atoms with Gasteiger partial charge >= 0.3 is 0 Å². The van der Waals surface area contributed by atoms with E-state index < -0.39 is 5.60 Å². The van der Waals surface area contributed by atoms with E-state index in [0.29, 0.717) is 18.8 Å². The van der Waals surface area contributed by atoms with Gasteiger partial charge in [-0.3, -0.25) is 0 Å². The van der Waals surface area contributed by atoms with Crippen LogP contribution in [0.5, 0.6) is 0 Å². The lowest BCUT2D eigenvalue weighted by atomic mass is 9.80. The van der Waals surface area contributed by atoms with Gasteiger partial charge in [0.2, 0.25) is 0 Å². The normalized spacial score (nSPS) is 26.2. The molecular weight excluding hydrogens is 206 g/mol. The van der Waals surface area contributed by atoms with Crippen molar-refractivity contribution in [1.29, 1.82) is 0 Å². The number of rotatable bonds is 6. The Hall–Kier alpha value is -0.810. The number of nitrogens with zero attached hydrogens (tertiary/aromatic N) is 1. The summed E-state index contributed by atoms with van der Waals surface area (Å²) in [4.78, 5) is 0. The fourth-order valence-electron chi connectivity index (χ4n) is 2.33. The van der Waals surface area contributed by atoms with E-state index in [0.717, 1.165) is 38.6 Å². The van der Waals surface area contributed by atoms with Crippen LogP contribution in [0.25, 0.3) is 0 Å². The first-order chi connectivity index (χ1) is 7.58. The molecule has 2 fully saturated rings. The molecule has 5 heteroatoms. The average molecular weight is 227 g/mol. The lowest BCUT2D eigenvalue weighted by Crippen LogP contribution is -2.47. The molecule has 0 unspecified atom stereocenters. The predicted octanol–water partition coefficient (Wildman–Crippen LogP) is 0.408. The highest BCUT2D eigenvalue weighted by atomic mass is 16.4. The van der Waals surface area contributed by atoms with Crippen molar-refractivity contribution in [2.75, 3.05) is 13.1 Å². The molecule has 0 radical (unpaired) electrons. The minimum absolute atomic E-state index is 0.177. The van der Waals surface area contributed by atoms with Gasteiger partial charge in [-0.05, 0) is 37.5 Å². The summed E-state index contributed by atoms with van der Waals surface area (Å²) < 4.78 is 0. The Morgan fingerprint density at radius 1 is 1.25 bits per heavy atom. The van der Waals surface area contributed by atoms with Crippen LogP contribution in [0.15, 0.2) is 5.16 Å².